The highest BCUT2D eigenvalue weighted by Gasteiger charge is 2.37. The minimum atomic E-state index is -1.15. The lowest BCUT2D eigenvalue weighted by atomic mass is 10.0. The fraction of sp³-hybridized carbons (Fsp3) is 0.529. The maximum Gasteiger partial charge on any atom is 0.217 e. The maximum atomic E-state index is 8.93. The summed E-state index contributed by atoms with van der Waals surface area (Å²) in [4.78, 5) is 4.43. The molecule has 2 heterocycles. The van der Waals surface area contributed by atoms with E-state index in [1.165, 1.54) is 0 Å². The molecule has 2 aromatic rings. The predicted octanol–water partition coefficient (Wildman–Crippen LogP) is 4.36. The van der Waals surface area contributed by atoms with Gasteiger partial charge in [0.2, 0.25) is 4.73 Å². The van der Waals surface area contributed by atoms with Gasteiger partial charge in [-0.1, -0.05) is 57.3 Å². The van der Waals surface area contributed by atoms with E-state index in [1.807, 2.05) is 22.9 Å². The maximum absolute atomic E-state index is 8.93. The van der Waals surface area contributed by atoms with E-state index in [0.29, 0.717) is 23.6 Å². The number of nitrogens with zero attached hydrogens (tertiary/aromatic N) is 3. The number of hydrogen-bond acceptors (Lipinski definition) is 3. The van der Waals surface area contributed by atoms with Crippen LogP contribution in [0.1, 0.15) is 45.1 Å². The van der Waals surface area contributed by atoms with Crippen LogP contribution in [0.25, 0.3) is 0 Å². The molecule has 2 atom stereocenters. The minimum absolute atomic E-state index is 0.0168. The minimum Gasteiger partial charge on any atom is -0.370 e. The van der Waals surface area contributed by atoms with Gasteiger partial charge in [0.25, 0.3) is 0 Å². The molecule has 0 saturated heterocycles. The van der Waals surface area contributed by atoms with E-state index < -0.39 is 14.9 Å². The highest BCUT2D eigenvalue weighted by Crippen LogP contribution is 2.41. The lowest BCUT2D eigenvalue weighted by molar-refractivity contribution is 0.0350. The predicted molar refractivity (Wildman–Crippen MR) is 98.5 cm³/mol. The molecule has 0 radical (unpaired) electrons. The van der Waals surface area contributed by atoms with Crippen molar-refractivity contribution in [2.45, 2.75) is 50.5 Å². The summed E-state index contributed by atoms with van der Waals surface area (Å²) in [6, 6.07) is 10.1. The Morgan fingerprint density at radius 2 is 2.09 bits per heavy atom. The van der Waals surface area contributed by atoms with Crippen molar-refractivity contribution in [2.24, 2.45) is 0 Å². The fourth-order valence-corrected chi connectivity index (χ4v) is 3.31. The Morgan fingerprint density at radius 1 is 1.39 bits per heavy atom. The van der Waals surface area contributed by atoms with Crippen LogP contribution in [0.5, 0.6) is 0 Å². The summed E-state index contributed by atoms with van der Waals surface area (Å²) in [6.45, 7) is 9.68. The van der Waals surface area contributed by atoms with Crippen LogP contribution >= 0.6 is 15.9 Å². The number of ether oxygens (including phenoxy) is 1. The molecule has 0 saturated carbocycles. The number of fused-ring (bicyclic) bond motifs is 1. The van der Waals surface area contributed by atoms with Crippen molar-refractivity contribution in [2.75, 3.05) is 6.61 Å². The normalized spacial score (nSPS) is 24.8. The highest BCUT2D eigenvalue weighted by atomic mass is 79.9. The van der Waals surface area contributed by atoms with Gasteiger partial charge in [-0.25, -0.2) is 9.67 Å². The average Bonchev–Trinajstić information content (AvgIpc) is 3.04. The summed E-state index contributed by atoms with van der Waals surface area (Å²) >= 11 is 3.35. The van der Waals surface area contributed by atoms with Crippen LogP contribution in [-0.2, 0) is 4.74 Å². The Morgan fingerprint density at radius 3 is 2.74 bits per heavy atom. The second-order valence-corrected chi connectivity index (χ2v) is 11.7. The third-order valence-electron chi connectivity index (χ3n) is 4.89. The summed E-state index contributed by atoms with van der Waals surface area (Å²) in [7, 11) is -0.888. The van der Waals surface area contributed by atoms with E-state index in [2.05, 4.69) is 65.1 Å². The smallest absolute Gasteiger partial charge is 0.217 e. The van der Waals surface area contributed by atoms with Gasteiger partial charge in [0.1, 0.15) is 6.08 Å². The molecule has 0 bridgehead atoms. The third-order valence-corrected chi connectivity index (χ3v) is 8.52. The lowest BCUT2D eigenvalue weighted by Crippen LogP contribution is -2.27. The molecule has 0 N–H and O–H groups in total. The molecule has 3 rings (SSSR count). The standard InChI is InChI=1S/C17H24BrN3OSi/c1-17(2,23(3)4)11-22-14-10-13(12-8-6-5-7-9-12)21-15(14)19-16(18)20-21/h5-9,13-14,23H,10-11H2,1-4H3/i14D. The number of aromatic nitrogens is 3. The first kappa shape index (κ1) is 15.5. The molecular weight excluding hydrogens is 370 g/mol. The summed E-state index contributed by atoms with van der Waals surface area (Å²) in [5, 5.41) is 4.59. The van der Waals surface area contributed by atoms with Gasteiger partial charge in [-0.15, -0.1) is 5.10 Å². The van der Waals surface area contributed by atoms with Crippen molar-refractivity contribution in [3.8, 4) is 0 Å². The van der Waals surface area contributed by atoms with E-state index in [1.54, 1.807) is 0 Å². The van der Waals surface area contributed by atoms with E-state index in [4.69, 9.17) is 6.11 Å². The van der Waals surface area contributed by atoms with Crippen LogP contribution in [0, 0.1) is 0 Å². The molecule has 2 unspecified atom stereocenters. The molecule has 1 aliphatic rings. The van der Waals surface area contributed by atoms with Crippen molar-refractivity contribution in [3.63, 3.8) is 0 Å². The molecule has 0 amide bonds. The zero-order valence-electron chi connectivity index (χ0n) is 15.1. The topological polar surface area (TPSA) is 39.9 Å². The molecule has 6 heteroatoms. The van der Waals surface area contributed by atoms with Crippen LogP contribution < -0.4 is 0 Å². The Balaban J connectivity index is 1.90. The van der Waals surface area contributed by atoms with Crippen LogP contribution in [0.3, 0.4) is 0 Å². The van der Waals surface area contributed by atoms with Gasteiger partial charge in [-0.2, -0.15) is 0 Å². The Labute approximate surface area is 149 Å². The molecule has 23 heavy (non-hydrogen) atoms. The first-order valence-electron chi connectivity index (χ1n) is 8.54. The molecule has 0 fully saturated rings. The van der Waals surface area contributed by atoms with Gasteiger partial charge >= 0.3 is 0 Å². The second-order valence-electron chi connectivity index (χ2n) is 7.13. The van der Waals surface area contributed by atoms with Crippen LogP contribution in [0.15, 0.2) is 35.1 Å². The first-order valence-corrected chi connectivity index (χ1v) is 11.7. The largest absolute Gasteiger partial charge is 0.370 e. The summed E-state index contributed by atoms with van der Waals surface area (Å²) < 4.78 is 17.4. The van der Waals surface area contributed by atoms with Gasteiger partial charge in [-0.05, 0) is 26.5 Å². The quantitative estimate of drug-likeness (QED) is 0.707. The molecule has 0 spiro atoms. The zero-order valence-corrected chi connectivity index (χ0v) is 16.8. The Bertz CT molecular complexity index is 722. The van der Waals surface area contributed by atoms with E-state index in [9.17, 15) is 0 Å². The molecule has 1 aromatic heterocycles. The van der Waals surface area contributed by atoms with Crippen molar-refractivity contribution in [3.05, 3.63) is 46.5 Å². The molecule has 0 aliphatic carbocycles. The first-order chi connectivity index (χ1) is 11.2. The number of rotatable bonds is 5. The number of halogens is 1. The van der Waals surface area contributed by atoms with Gasteiger partial charge in [0, 0.05) is 15.2 Å². The molecule has 4 nitrogen and oxygen atoms in total. The Kier molecular flexibility index (Phi) is 4.39. The van der Waals surface area contributed by atoms with Crippen molar-refractivity contribution < 1.29 is 6.11 Å². The van der Waals surface area contributed by atoms with Crippen molar-refractivity contribution in [1.82, 2.24) is 14.8 Å². The van der Waals surface area contributed by atoms with E-state index >= 15 is 0 Å². The zero-order chi connectivity index (χ0) is 17.5. The van der Waals surface area contributed by atoms with Crippen LogP contribution in [0.2, 0.25) is 18.1 Å². The van der Waals surface area contributed by atoms with Crippen LogP contribution in [-0.4, -0.2) is 30.2 Å². The number of benzene rings is 1. The average molecular weight is 395 g/mol. The van der Waals surface area contributed by atoms with Gasteiger partial charge in [-0.3, -0.25) is 0 Å². The fourth-order valence-electron chi connectivity index (χ4n) is 2.56. The summed E-state index contributed by atoms with van der Waals surface area (Å²) in [5.41, 5.74) is 1.13. The van der Waals surface area contributed by atoms with Crippen LogP contribution in [0.4, 0.5) is 0 Å². The highest BCUT2D eigenvalue weighted by molar-refractivity contribution is 9.10. The van der Waals surface area contributed by atoms with Gasteiger partial charge in [0.05, 0.1) is 14.0 Å². The van der Waals surface area contributed by atoms with E-state index in [-0.39, 0.29) is 11.1 Å². The van der Waals surface area contributed by atoms with Gasteiger partial charge in [0.15, 0.2) is 5.82 Å². The third kappa shape index (κ3) is 3.44. The lowest BCUT2D eigenvalue weighted by Gasteiger charge is -2.29. The van der Waals surface area contributed by atoms with Crippen molar-refractivity contribution in [1.29, 1.82) is 0 Å². The monoisotopic (exact) mass is 394 g/mol. The molecule has 124 valence electrons. The van der Waals surface area contributed by atoms with Crippen molar-refractivity contribution >= 4 is 24.7 Å². The second kappa shape index (κ2) is 6.49. The molecule has 1 aliphatic heterocycles. The summed E-state index contributed by atoms with van der Waals surface area (Å²) in [5.74, 6) is 0.587. The number of hydrogen-bond donors (Lipinski definition) is 0. The van der Waals surface area contributed by atoms with Gasteiger partial charge < -0.3 is 4.74 Å². The SMILES string of the molecule is [2H]C1(OCC(C)(C)[SiH](C)C)CC(c2ccccc2)n2nc(Br)nc21. The summed E-state index contributed by atoms with van der Waals surface area (Å²) in [6.07, 6.45) is -0.616. The molecule has 1 aromatic carbocycles. The Hall–Kier alpha value is -0.983. The van der Waals surface area contributed by atoms with E-state index in [0.717, 1.165) is 5.56 Å². The molecular formula is C17H24BrN3OSi.